The average molecular weight is 772 g/mol. The molecule has 276 valence electrons. The van der Waals surface area contributed by atoms with Crippen molar-refractivity contribution >= 4 is 46.2 Å². The first-order valence-electron chi connectivity index (χ1n) is 15.7. The number of hydrogen-bond donors (Lipinski definition) is 4. The lowest BCUT2D eigenvalue weighted by Gasteiger charge is -2.30. The van der Waals surface area contributed by atoms with Crippen molar-refractivity contribution in [2.24, 2.45) is 5.41 Å². The van der Waals surface area contributed by atoms with E-state index in [2.05, 4.69) is 41.4 Å². The van der Waals surface area contributed by atoms with Crippen molar-refractivity contribution < 1.29 is 50.8 Å². The summed E-state index contributed by atoms with van der Waals surface area (Å²) in [5, 5.41) is 10.4. The molecule has 0 bridgehead atoms. The summed E-state index contributed by atoms with van der Waals surface area (Å²) >= 11 is 2.54. The molecule has 0 heterocycles. The Morgan fingerprint density at radius 1 is 0.880 bits per heavy atom. The highest BCUT2D eigenvalue weighted by atomic mass is 79.9. The van der Waals surface area contributed by atoms with Crippen molar-refractivity contribution in [2.75, 3.05) is 19.7 Å². The molecule has 0 aliphatic carbocycles. The molecule has 3 atom stereocenters. The van der Waals surface area contributed by atoms with Gasteiger partial charge in [-0.1, -0.05) is 44.2 Å². The second-order valence-corrected chi connectivity index (χ2v) is 13.6. The number of ether oxygens (including phenoxy) is 3. The summed E-state index contributed by atoms with van der Waals surface area (Å²) < 4.78 is 48.9. The van der Waals surface area contributed by atoms with Crippen molar-refractivity contribution in [1.29, 1.82) is 0 Å². The Bertz CT molecular complexity index is 1460. The first-order chi connectivity index (χ1) is 23.4. The zero-order valence-corrected chi connectivity index (χ0v) is 30.5. The minimum Gasteiger partial charge on any atom is -0.450 e. The molecule has 0 spiro atoms. The Hall–Kier alpha value is -4.31. The molecule has 0 fully saturated rings. The molecule has 0 saturated carbocycles. The zero-order valence-electron chi connectivity index (χ0n) is 28.9. The highest BCUT2D eigenvalue weighted by Gasteiger charge is 2.35. The molecular formula is C34H45BrF2N4O9. The number of carbonyl (C=O) groups is 5. The van der Waals surface area contributed by atoms with Crippen LogP contribution in [0.2, 0.25) is 0 Å². The van der Waals surface area contributed by atoms with Crippen LogP contribution in [0.25, 0.3) is 0 Å². The Morgan fingerprint density at radius 3 is 2.16 bits per heavy atom. The van der Waals surface area contributed by atoms with E-state index in [9.17, 15) is 32.8 Å². The van der Waals surface area contributed by atoms with E-state index in [0.29, 0.717) is 0 Å². The number of alkyl carbamates (subject to hydrolysis) is 1. The summed E-state index contributed by atoms with van der Waals surface area (Å²) in [6, 6.07) is 9.96. The van der Waals surface area contributed by atoms with Gasteiger partial charge in [-0.05, 0) is 61.9 Å². The topological polar surface area (TPSA) is 170 Å². The van der Waals surface area contributed by atoms with Crippen molar-refractivity contribution in [2.45, 2.75) is 84.8 Å². The van der Waals surface area contributed by atoms with Gasteiger partial charge in [0.15, 0.2) is 16.3 Å². The van der Waals surface area contributed by atoms with Crippen LogP contribution < -0.4 is 21.3 Å². The van der Waals surface area contributed by atoms with E-state index in [4.69, 9.17) is 14.2 Å². The molecule has 2 aromatic rings. The molecule has 4 amide bonds. The molecule has 50 heavy (non-hydrogen) atoms. The molecule has 2 rings (SSSR count). The summed E-state index contributed by atoms with van der Waals surface area (Å²) in [6.45, 7) is 9.58. The van der Waals surface area contributed by atoms with Crippen molar-refractivity contribution in [3.05, 3.63) is 71.3 Å². The third kappa shape index (κ3) is 16.4. The molecule has 1 unspecified atom stereocenters. The maximum atomic E-state index is 14.3. The van der Waals surface area contributed by atoms with Gasteiger partial charge in [-0.15, -0.1) is 0 Å². The number of carbonyl (C=O) groups excluding carboxylic acids is 5. The standard InChI is InChI=1S/C34H45BrF2N4O9/c1-21(42)48-29(27(41-31(45)49-33(2,3)4)18-47-17-22-10-8-7-9-11-22)30(44)39-20-34(5,6)19-38-28(43)16-25(40-32(46)50-35)15-23-14-24(36)12-13-26(23)37/h7-14,25,27,29H,15-20H2,1-6H3,(H,38,43)(H,39,44)(H,40,46)(H,41,45)/t25?,27-,29+/m1/s1. The molecule has 0 saturated heterocycles. The van der Waals surface area contributed by atoms with E-state index in [1.165, 1.54) is 0 Å². The number of halogens is 3. The lowest BCUT2D eigenvalue weighted by molar-refractivity contribution is -0.157. The predicted molar refractivity (Wildman–Crippen MR) is 182 cm³/mol. The van der Waals surface area contributed by atoms with Crippen LogP contribution in [0.15, 0.2) is 48.5 Å². The van der Waals surface area contributed by atoms with Crippen molar-refractivity contribution in [1.82, 2.24) is 21.3 Å². The SMILES string of the molecule is CC(=O)O[C@H](C(=O)NCC(C)(C)CNC(=O)CC(Cc1cc(F)ccc1F)NC(=O)OBr)[C@@H](COCc1ccccc1)NC(=O)OC(C)(C)C. The fourth-order valence-corrected chi connectivity index (χ4v) is 4.58. The van der Waals surface area contributed by atoms with Gasteiger partial charge in [0.25, 0.3) is 5.91 Å². The summed E-state index contributed by atoms with van der Waals surface area (Å²) in [6.07, 6.45) is -3.81. The highest BCUT2D eigenvalue weighted by Crippen LogP contribution is 2.16. The largest absolute Gasteiger partial charge is 0.450 e. The lowest BCUT2D eigenvalue weighted by atomic mass is 9.93. The van der Waals surface area contributed by atoms with E-state index >= 15 is 0 Å². The number of hydrogen-bond acceptors (Lipinski definition) is 9. The van der Waals surface area contributed by atoms with Crippen LogP contribution in [-0.2, 0) is 45.5 Å². The van der Waals surface area contributed by atoms with Gasteiger partial charge in [-0.25, -0.2) is 18.4 Å². The third-order valence-corrected chi connectivity index (χ3v) is 7.13. The highest BCUT2D eigenvalue weighted by molar-refractivity contribution is 9.06. The van der Waals surface area contributed by atoms with Crippen molar-refractivity contribution in [3.8, 4) is 0 Å². The van der Waals surface area contributed by atoms with Crippen LogP contribution in [0.1, 0.15) is 59.1 Å². The van der Waals surface area contributed by atoms with Crippen LogP contribution in [-0.4, -0.2) is 73.5 Å². The normalized spacial score (nSPS) is 13.2. The Balaban J connectivity index is 2.08. The van der Waals surface area contributed by atoms with Crippen LogP contribution >= 0.6 is 16.3 Å². The summed E-state index contributed by atoms with van der Waals surface area (Å²) in [5.41, 5.74) is -0.827. The minimum absolute atomic E-state index is 0.0139. The number of nitrogens with one attached hydrogen (secondary N) is 4. The van der Waals surface area contributed by atoms with Crippen LogP contribution in [0.3, 0.4) is 0 Å². The number of rotatable bonds is 17. The van der Waals surface area contributed by atoms with Crippen LogP contribution in [0.5, 0.6) is 0 Å². The van der Waals surface area contributed by atoms with Gasteiger partial charge in [0.2, 0.25) is 12.0 Å². The monoisotopic (exact) mass is 770 g/mol. The second-order valence-electron chi connectivity index (χ2n) is 13.3. The zero-order chi connectivity index (χ0) is 37.5. The maximum absolute atomic E-state index is 14.3. The van der Waals surface area contributed by atoms with Gasteiger partial charge in [-0.2, -0.15) is 0 Å². The quantitative estimate of drug-likeness (QED) is 0.168. The average Bonchev–Trinajstić information content (AvgIpc) is 3.02. The molecule has 13 nitrogen and oxygen atoms in total. The fraction of sp³-hybridized carbons (Fsp3) is 0.500. The first-order valence-corrected chi connectivity index (χ1v) is 16.4. The molecule has 0 aliphatic rings. The summed E-state index contributed by atoms with van der Waals surface area (Å²) in [5.74, 6) is -3.43. The van der Waals surface area contributed by atoms with Gasteiger partial charge in [-0.3, -0.25) is 14.4 Å². The molecule has 0 aliphatic heterocycles. The fourth-order valence-electron chi connectivity index (χ4n) is 4.49. The third-order valence-electron chi connectivity index (χ3n) is 6.83. The smallest absolute Gasteiger partial charge is 0.419 e. The lowest BCUT2D eigenvalue weighted by Crippen LogP contribution is -2.56. The predicted octanol–water partition coefficient (Wildman–Crippen LogP) is 4.60. The van der Waals surface area contributed by atoms with E-state index < -0.39 is 70.8 Å². The van der Waals surface area contributed by atoms with Gasteiger partial charge >= 0.3 is 18.2 Å². The van der Waals surface area contributed by atoms with E-state index in [0.717, 1.165) is 30.7 Å². The molecular weight excluding hydrogens is 726 g/mol. The maximum Gasteiger partial charge on any atom is 0.419 e. The van der Waals surface area contributed by atoms with Crippen LogP contribution in [0.4, 0.5) is 18.4 Å². The van der Waals surface area contributed by atoms with Crippen molar-refractivity contribution in [3.63, 3.8) is 0 Å². The Kier molecular flexibility index (Phi) is 16.6. The van der Waals surface area contributed by atoms with Crippen LogP contribution in [0, 0.1) is 17.0 Å². The molecule has 0 radical (unpaired) electrons. The molecule has 0 aromatic heterocycles. The summed E-state index contributed by atoms with van der Waals surface area (Å²) in [4.78, 5) is 63.0. The van der Waals surface area contributed by atoms with Gasteiger partial charge in [0.05, 0.1) is 13.2 Å². The Labute approximate surface area is 299 Å². The number of benzene rings is 2. The minimum atomic E-state index is -1.51. The molecule has 2 aromatic carbocycles. The Morgan fingerprint density at radius 2 is 1.54 bits per heavy atom. The number of esters is 1. The molecule has 16 heteroatoms. The van der Waals surface area contributed by atoms with E-state index in [1.807, 2.05) is 30.3 Å². The first kappa shape index (κ1) is 41.9. The van der Waals surface area contributed by atoms with Gasteiger partial charge in [0.1, 0.15) is 23.3 Å². The second kappa shape index (κ2) is 19.8. The number of amides is 4. The van der Waals surface area contributed by atoms with E-state index in [1.54, 1.807) is 34.6 Å². The van der Waals surface area contributed by atoms with Gasteiger partial charge in [0, 0.05) is 32.5 Å². The van der Waals surface area contributed by atoms with Gasteiger partial charge < -0.3 is 39.3 Å². The van der Waals surface area contributed by atoms with E-state index in [-0.39, 0.29) is 44.7 Å². The molecule has 4 N–H and O–H groups in total. The summed E-state index contributed by atoms with van der Waals surface area (Å²) in [7, 11) is 0.